The van der Waals surface area contributed by atoms with E-state index in [0.29, 0.717) is 0 Å². The quantitative estimate of drug-likeness (QED) is 0.652. The molecule has 4 aliphatic rings. The number of rotatable bonds is 4. The lowest BCUT2D eigenvalue weighted by Crippen LogP contribution is -2.05. The van der Waals surface area contributed by atoms with E-state index in [9.17, 15) is 0 Å². The minimum absolute atomic E-state index is 0.996. The predicted octanol–water partition coefficient (Wildman–Crippen LogP) is 4.68. The molecule has 124 valence electrons. The van der Waals surface area contributed by atoms with Crippen LogP contribution >= 0.6 is 0 Å². The first-order chi connectivity index (χ1) is 13.4. The molecule has 20 radical (unpaired) electrons. The van der Waals surface area contributed by atoms with Gasteiger partial charge in [-0.15, -0.1) is 0 Å². The van der Waals surface area contributed by atoms with Crippen molar-refractivity contribution in [3.8, 4) is 0 Å². The summed E-state index contributed by atoms with van der Waals surface area (Å²) in [7, 11) is 0. The molecule has 4 saturated carbocycles. The third-order valence-corrected chi connectivity index (χ3v) is 4.31. The van der Waals surface area contributed by atoms with Gasteiger partial charge in [-0.1, -0.05) is 11.5 Å². The highest BCUT2D eigenvalue weighted by atomic mass is 14.3. The molecule has 0 spiro atoms. The minimum atomic E-state index is 0.996. The monoisotopic (exact) mass is 340 g/mol. The van der Waals surface area contributed by atoms with Crippen molar-refractivity contribution in [1.29, 1.82) is 0 Å². The van der Waals surface area contributed by atoms with Gasteiger partial charge in [0.25, 0.3) is 0 Å². The molecule has 27 heavy (non-hydrogen) atoms. The van der Waals surface area contributed by atoms with Crippen molar-refractivity contribution in [1.82, 2.24) is 0 Å². The zero-order chi connectivity index (χ0) is 18.3. The van der Waals surface area contributed by atoms with Crippen LogP contribution in [-0.4, -0.2) is 0 Å². The fourth-order valence-corrected chi connectivity index (χ4v) is 3.00. The van der Waals surface area contributed by atoms with Gasteiger partial charge in [0.05, 0.1) is 0 Å². The van der Waals surface area contributed by atoms with Gasteiger partial charge in [-0.25, -0.2) is 0 Å². The van der Waals surface area contributed by atoms with Crippen molar-refractivity contribution < 1.29 is 0 Å². The van der Waals surface area contributed by atoms with Gasteiger partial charge in [0.15, 0.2) is 0 Å². The molecule has 0 atom stereocenters. The van der Waals surface area contributed by atoms with Crippen LogP contribution in [0.3, 0.4) is 0 Å². The van der Waals surface area contributed by atoms with Crippen molar-refractivity contribution in [2.24, 2.45) is 0 Å². The van der Waals surface area contributed by atoms with Gasteiger partial charge in [-0.05, 0) is 131 Å². The molecule has 0 aromatic heterocycles. The molecule has 0 unspecified atom stereocenters. The largest absolute Gasteiger partial charge is 0.0604 e. The first-order valence-electron chi connectivity index (χ1n) is 8.81. The van der Waals surface area contributed by atoms with Crippen molar-refractivity contribution in [3.05, 3.63) is 166 Å². The van der Waals surface area contributed by atoms with Crippen molar-refractivity contribution in [2.45, 2.75) is 0 Å². The third kappa shape index (κ3) is 4.92. The van der Waals surface area contributed by atoms with Crippen LogP contribution in [0.25, 0.3) is 0 Å². The van der Waals surface area contributed by atoms with E-state index >= 15 is 0 Å². The number of allylic oxidation sites excluding steroid dienone is 2. The SMILES string of the molecule is C(=C=C=C([C]1[CH][CH][CH][CH]1)[C]1[CH][CH][CH][CH]1)=C=C=C([C]1[CH][CH][CH][CH]1)[C]1[CH][CH][CH][CH]1. The Bertz CT molecular complexity index is 600. The van der Waals surface area contributed by atoms with Crippen LogP contribution in [0, 0.1) is 126 Å². The molecule has 0 saturated heterocycles. The van der Waals surface area contributed by atoms with Gasteiger partial charge in [0.2, 0.25) is 0 Å². The lowest BCUT2D eigenvalue weighted by atomic mass is 9.86. The highest BCUT2D eigenvalue weighted by Gasteiger charge is 2.30. The first-order valence-corrected chi connectivity index (χ1v) is 8.81. The van der Waals surface area contributed by atoms with E-state index in [4.69, 9.17) is 0 Å². The lowest BCUT2D eigenvalue weighted by molar-refractivity contribution is 1.16. The van der Waals surface area contributed by atoms with E-state index in [1.807, 2.05) is 51.4 Å². The van der Waals surface area contributed by atoms with Crippen molar-refractivity contribution >= 4 is 0 Å². The highest BCUT2D eigenvalue weighted by Crippen LogP contribution is 2.41. The predicted molar refractivity (Wildman–Crippen MR) is 106 cm³/mol. The van der Waals surface area contributed by atoms with Crippen molar-refractivity contribution in [2.75, 3.05) is 0 Å². The standard InChI is InChI=1S/C27H16/c1(2-20-26(22-12-4-5-13-22)23-14-6-7-15-23)3-21-27(24-16-8-9-17-24)25-18-10-11-19-25/h4-19H. The first kappa shape index (κ1) is 19.0. The van der Waals surface area contributed by atoms with E-state index < -0.39 is 0 Å². The molecule has 0 N–H and O–H groups in total. The summed E-state index contributed by atoms with van der Waals surface area (Å²) in [6.07, 6.45) is 32.7. The average Bonchev–Trinajstić information content (AvgIpc) is 3.51. The maximum atomic E-state index is 3.21. The fourth-order valence-electron chi connectivity index (χ4n) is 3.00. The molecule has 0 nitrogen and oxygen atoms in total. The molecule has 0 aromatic rings. The summed E-state index contributed by atoms with van der Waals surface area (Å²) in [6, 6.07) is 0. The molecule has 4 fully saturated rings. The maximum Gasteiger partial charge on any atom is 0.0175 e. The fraction of sp³-hybridized carbons (Fsp3) is 0. The molecular formula is C27H16. The van der Waals surface area contributed by atoms with Gasteiger partial charge >= 0.3 is 0 Å². The summed E-state index contributed by atoms with van der Waals surface area (Å²) in [5.41, 5.74) is 17.3. The van der Waals surface area contributed by atoms with Gasteiger partial charge in [-0.2, -0.15) is 0 Å². The Hall–Kier alpha value is -1.36. The molecule has 0 aromatic carbocycles. The summed E-state index contributed by atoms with van der Waals surface area (Å²) in [4.78, 5) is 0. The van der Waals surface area contributed by atoms with Crippen LogP contribution < -0.4 is 0 Å². The lowest BCUT2D eigenvalue weighted by Gasteiger charge is -2.15. The highest BCUT2D eigenvalue weighted by molar-refractivity contribution is 5.61. The normalized spacial score (nSPS) is 24.3. The van der Waals surface area contributed by atoms with E-state index in [0.717, 1.165) is 34.8 Å². The third-order valence-electron chi connectivity index (χ3n) is 4.31. The molecule has 0 heteroatoms. The van der Waals surface area contributed by atoms with Crippen LogP contribution in [0.4, 0.5) is 0 Å². The van der Waals surface area contributed by atoms with Crippen LogP contribution in [0.15, 0.2) is 39.8 Å². The molecule has 0 bridgehead atoms. The summed E-state index contributed by atoms with van der Waals surface area (Å²) >= 11 is 0. The smallest absolute Gasteiger partial charge is 0.0175 e. The zero-order valence-corrected chi connectivity index (χ0v) is 14.7. The van der Waals surface area contributed by atoms with Gasteiger partial charge in [-0.3, -0.25) is 0 Å². The molecule has 0 aliphatic heterocycles. The van der Waals surface area contributed by atoms with E-state index in [1.165, 1.54) is 0 Å². The second kappa shape index (κ2) is 9.72. The van der Waals surface area contributed by atoms with Gasteiger partial charge in [0, 0.05) is 23.7 Å². The van der Waals surface area contributed by atoms with Crippen molar-refractivity contribution in [3.63, 3.8) is 0 Å². The second-order valence-corrected chi connectivity index (χ2v) is 6.07. The molecular weight excluding hydrogens is 324 g/mol. The summed E-state index contributed by atoms with van der Waals surface area (Å²) in [6.45, 7) is 0. The Morgan fingerprint density at radius 1 is 0.370 bits per heavy atom. The van der Waals surface area contributed by atoms with E-state index in [1.54, 1.807) is 0 Å². The van der Waals surface area contributed by atoms with Crippen LogP contribution in [-0.2, 0) is 0 Å². The Morgan fingerprint density at radius 2 is 0.630 bits per heavy atom. The molecule has 4 aliphatic carbocycles. The van der Waals surface area contributed by atoms with Crippen LogP contribution in [0.2, 0.25) is 0 Å². The van der Waals surface area contributed by atoms with Crippen LogP contribution in [0.1, 0.15) is 0 Å². The Labute approximate surface area is 166 Å². The Morgan fingerprint density at radius 3 is 0.889 bits per heavy atom. The number of hydrogen-bond acceptors (Lipinski definition) is 0. The average molecular weight is 340 g/mol. The van der Waals surface area contributed by atoms with Crippen LogP contribution in [0.5, 0.6) is 0 Å². The molecule has 4 rings (SSSR count). The summed E-state index contributed by atoms with van der Waals surface area (Å²) in [5.74, 6) is 4.46. The topological polar surface area (TPSA) is 0 Å². The van der Waals surface area contributed by atoms with Gasteiger partial charge in [0.1, 0.15) is 0 Å². The summed E-state index contributed by atoms with van der Waals surface area (Å²) in [5, 5.41) is 0. The Kier molecular flexibility index (Phi) is 6.83. The molecule has 0 amide bonds. The van der Waals surface area contributed by atoms with E-state index in [2.05, 4.69) is 80.0 Å². The summed E-state index contributed by atoms with van der Waals surface area (Å²) < 4.78 is 0. The minimum Gasteiger partial charge on any atom is -0.0604 e. The van der Waals surface area contributed by atoms with E-state index in [-0.39, 0.29) is 0 Å². The molecule has 0 heterocycles. The number of hydrogen-bond donors (Lipinski definition) is 0. The second-order valence-electron chi connectivity index (χ2n) is 6.07. The van der Waals surface area contributed by atoms with Gasteiger partial charge < -0.3 is 0 Å². The Balaban J connectivity index is 1.65. The maximum absolute atomic E-state index is 3.21. The zero-order valence-electron chi connectivity index (χ0n) is 14.7.